The van der Waals surface area contributed by atoms with Gasteiger partial charge in [0.25, 0.3) is 5.91 Å². The smallest absolute Gasteiger partial charge is 0.313 e. The molecule has 0 saturated heterocycles. The van der Waals surface area contributed by atoms with Crippen molar-refractivity contribution in [3.63, 3.8) is 0 Å². The first kappa shape index (κ1) is 20.5. The zero-order valence-corrected chi connectivity index (χ0v) is 16.6. The fraction of sp³-hybridized carbons (Fsp3) is 0.364. The maximum absolute atomic E-state index is 12.2. The van der Waals surface area contributed by atoms with E-state index in [0.29, 0.717) is 28.9 Å². The number of nitrogens with zero attached hydrogens (tertiary/aromatic N) is 1. The molecule has 2 aromatic rings. The van der Waals surface area contributed by atoms with Crippen LogP contribution in [-0.4, -0.2) is 28.7 Å². The van der Waals surface area contributed by atoms with Gasteiger partial charge >= 0.3 is 11.8 Å². The zero-order chi connectivity index (χ0) is 20.8. The Labute approximate surface area is 170 Å². The topological polar surface area (TPSA) is 100 Å². The lowest BCUT2D eigenvalue weighted by molar-refractivity contribution is -0.137. The van der Waals surface area contributed by atoms with Gasteiger partial charge in [-0.15, -0.1) is 0 Å². The number of carbonyl (C=O) groups excluding carboxylic acids is 3. The molecule has 0 aliphatic heterocycles. The second-order valence-electron chi connectivity index (χ2n) is 7.55. The predicted octanol–water partition coefficient (Wildman–Crippen LogP) is 3.21. The summed E-state index contributed by atoms with van der Waals surface area (Å²) in [6, 6.07) is 12.0. The van der Waals surface area contributed by atoms with E-state index in [0.717, 1.165) is 19.3 Å². The van der Waals surface area contributed by atoms with E-state index in [9.17, 15) is 14.4 Å². The number of anilines is 2. The van der Waals surface area contributed by atoms with Crippen molar-refractivity contribution in [1.29, 1.82) is 0 Å². The number of carbonyl (C=O) groups is 3. The van der Waals surface area contributed by atoms with Gasteiger partial charge in [-0.05, 0) is 42.5 Å². The molecule has 3 amide bonds. The summed E-state index contributed by atoms with van der Waals surface area (Å²) in [6.45, 7) is 4.28. The Morgan fingerprint density at radius 2 is 1.69 bits per heavy atom. The third-order valence-electron chi connectivity index (χ3n) is 5.53. The van der Waals surface area contributed by atoms with Crippen LogP contribution in [0.4, 0.5) is 11.5 Å². The minimum atomic E-state index is -0.724. The molecule has 152 valence electrons. The summed E-state index contributed by atoms with van der Waals surface area (Å²) in [5.41, 5.74) is 0.905. The fourth-order valence-electron chi connectivity index (χ4n) is 3.53. The van der Waals surface area contributed by atoms with Crippen molar-refractivity contribution in [3.05, 3.63) is 54.2 Å². The van der Waals surface area contributed by atoms with Gasteiger partial charge in [0.1, 0.15) is 5.82 Å². The summed E-state index contributed by atoms with van der Waals surface area (Å²) in [7, 11) is 0. The van der Waals surface area contributed by atoms with E-state index in [1.807, 2.05) is 6.07 Å². The van der Waals surface area contributed by atoms with Gasteiger partial charge in [0, 0.05) is 11.6 Å². The van der Waals surface area contributed by atoms with Gasteiger partial charge in [0.2, 0.25) is 0 Å². The number of amides is 3. The van der Waals surface area contributed by atoms with Gasteiger partial charge in [-0.2, -0.15) is 0 Å². The number of hydrogen-bond donors (Lipinski definition) is 3. The molecule has 1 heterocycles. The molecular weight excluding hydrogens is 368 g/mol. The SMILES string of the molecule is C[C@H]1[C@H](C)CCC[C@@H]1NC(=O)C(=O)Nc1ccc(NC(=O)c2ccccc2)nc1. The quantitative estimate of drug-likeness (QED) is 0.693. The second kappa shape index (κ2) is 9.32. The molecular formula is C22H26N4O3. The van der Waals surface area contributed by atoms with E-state index < -0.39 is 11.8 Å². The lowest BCUT2D eigenvalue weighted by atomic mass is 9.78. The third kappa shape index (κ3) is 5.40. The highest BCUT2D eigenvalue weighted by atomic mass is 16.2. The molecule has 7 heteroatoms. The average molecular weight is 394 g/mol. The largest absolute Gasteiger partial charge is 0.345 e. The van der Waals surface area contributed by atoms with Crippen molar-refractivity contribution in [2.75, 3.05) is 10.6 Å². The Morgan fingerprint density at radius 1 is 0.931 bits per heavy atom. The monoisotopic (exact) mass is 394 g/mol. The van der Waals surface area contributed by atoms with Gasteiger partial charge in [-0.25, -0.2) is 4.98 Å². The Balaban J connectivity index is 1.53. The van der Waals surface area contributed by atoms with E-state index in [-0.39, 0.29) is 11.9 Å². The third-order valence-corrected chi connectivity index (χ3v) is 5.53. The van der Waals surface area contributed by atoms with Crippen LogP contribution in [0.15, 0.2) is 48.7 Å². The Kier molecular flexibility index (Phi) is 6.59. The van der Waals surface area contributed by atoms with Crippen LogP contribution in [0, 0.1) is 11.8 Å². The van der Waals surface area contributed by atoms with Crippen LogP contribution >= 0.6 is 0 Å². The molecule has 3 N–H and O–H groups in total. The summed E-state index contributed by atoms with van der Waals surface area (Å²) < 4.78 is 0. The first-order valence-electron chi connectivity index (χ1n) is 9.88. The van der Waals surface area contributed by atoms with Crippen molar-refractivity contribution in [3.8, 4) is 0 Å². The van der Waals surface area contributed by atoms with Crippen molar-refractivity contribution in [2.45, 2.75) is 39.2 Å². The molecule has 1 saturated carbocycles. The van der Waals surface area contributed by atoms with Crippen LogP contribution in [0.3, 0.4) is 0 Å². The van der Waals surface area contributed by atoms with Gasteiger partial charge in [-0.1, -0.05) is 44.9 Å². The van der Waals surface area contributed by atoms with Crippen LogP contribution in [0.1, 0.15) is 43.5 Å². The van der Waals surface area contributed by atoms with Crippen molar-refractivity contribution < 1.29 is 14.4 Å². The van der Waals surface area contributed by atoms with E-state index in [1.54, 1.807) is 36.4 Å². The molecule has 1 aliphatic carbocycles. The first-order chi connectivity index (χ1) is 13.9. The minimum absolute atomic E-state index is 0.0192. The van der Waals surface area contributed by atoms with Crippen LogP contribution in [-0.2, 0) is 9.59 Å². The fourth-order valence-corrected chi connectivity index (χ4v) is 3.53. The van der Waals surface area contributed by atoms with Crippen LogP contribution in [0.5, 0.6) is 0 Å². The van der Waals surface area contributed by atoms with Crippen LogP contribution < -0.4 is 16.0 Å². The zero-order valence-electron chi connectivity index (χ0n) is 16.6. The van der Waals surface area contributed by atoms with E-state index in [1.165, 1.54) is 6.20 Å². The lowest BCUT2D eigenvalue weighted by Crippen LogP contribution is -2.47. The lowest BCUT2D eigenvalue weighted by Gasteiger charge is -2.34. The van der Waals surface area contributed by atoms with Crippen LogP contribution in [0.25, 0.3) is 0 Å². The standard InChI is InChI=1S/C22H26N4O3/c1-14-7-6-10-18(15(14)2)25-22(29)21(28)24-17-11-12-19(23-13-17)26-20(27)16-8-4-3-5-9-16/h3-5,8-9,11-15,18H,6-7,10H2,1-2H3,(H,24,28)(H,25,29)(H,23,26,27)/t14-,15+,18+/m1/s1. The molecule has 1 aliphatic rings. The van der Waals surface area contributed by atoms with Crippen molar-refractivity contribution in [2.24, 2.45) is 11.8 Å². The highest BCUT2D eigenvalue weighted by Gasteiger charge is 2.29. The summed E-state index contributed by atoms with van der Waals surface area (Å²) >= 11 is 0. The maximum Gasteiger partial charge on any atom is 0.313 e. The molecule has 3 atom stereocenters. The summed E-state index contributed by atoms with van der Waals surface area (Å²) in [4.78, 5) is 40.7. The number of benzene rings is 1. The first-order valence-corrected chi connectivity index (χ1v) is 9.88. The molecule has 0 radical (unpaired) electrons. The molecule has 29 heavy (non-hydrogen) atoms. The molecule has 3 rings (SSSR count). The van der Waals surface area contributed by atoms with Gasteiger partial charge in [-0.3, -0.25) is 14.4 Å². The second-order valence-corrected chi connectivity index (χ2v) is 7.55. The number of nitrogens with one attached hydrogen (secondary N) is 3. The molecule has 7 nitrogen and oxygen atoms in total. The number of hydrogen-bond acceptors (Lipinski definition) is 4. The van der Waals surface area contributed by atoms with Gasteiger partial charge in [0.15, 0.2) is 0 Å². The average Bonchev–Trinajstić information content (AvgIpc) is 2.73. The van der Waals surface area contributed by atoms with E-state index in [2.05, 4.69) is 34.8 Å². The summed E-state index contributed by atoms with van der Waals surface area (Å²) in [5, 5.41) is 8.07. The minimum Gasteiger partial charge on any atom is -0.345 e. The Morgan fingerprint density at radius 3 is 2.38 bits per heavy atom. The van der Waals surface area contributed by atoms with E-state index in [4.69, 9.17) is 0 Å². The normalized spacial score (nSPS) is 21.1. The molecule has 1 fully saturated rings. The molecule has 0 spiro atoms. The number of rotatable bonds is 4. The number of aromatic nitrogens is 1. The highest BCUT2D eigenvalue weighted by Crippen LogP contribution is 2.29. The van der Waals surface area contributed by atoms with Crippen LogP contribution in [0.2, 0.25) is 0 Å². The number of pyridine rings is 1. The van der Waals surface area contributed by atoms with Crippen molar-refractivity contribution in [1.82, 2.24) is 10.3 Å². The molecule has 0 unspecified atom stereocenters. The summed E-state index contributed by atoms with van der Waals surface area (Å²) in [6.07, 6.45) is 4.50. The maximum atomic E-state index is 12.2. The van der Waals surface area contributed by atoms with Gasteiger partial charge in [0.05, 0.1) is 11.9 Å². The Hall–Kier alpha value is -3.22. The van der Waals surface area contributed by atoms with Crippen molar-refractivity contribution >= 4 is 29.2 Å². The van der Waals surface area contributed by atoms with Gasteiger partial charge < -0.3 is 16.0 Å². The molecule has 1 aromatic carbocycles. The summed E-state index contributed by atoms with van der Waals surface area (Å²) in [5.74, 6) is -0.415. The molecule has 0 bridgehead atoms. The Bertz CT molecular complexity index is 867. The highest BCUT2D eigenvalue weighted by molar-refractivity contribution is 6.39. The van der Waals surface area contributed by atoms with E-state index >= 15 is 0 Å². The predicted molar refractivity (Wildman–Crippen MR) is 111 cm³/mol. The molecule has 1 aromatic heterocycles.